The Morgan fingerprint density at radius 2 is 1.78 bits per heavy atom. The van der Waals surface area contributed by atoms with Gasteiger partial charge in [-0.2, -0.15) is 4.80 Å². The molecule has 7 rings (SSSR count). The quantitative estimate of drug-likeness (QED) is 0.440. The molecule has 4 bridgehead atoms. The first-order chi connectivity index (χ1) is 17.5. The van der Waals surface area contributed by atoms with Crippen molar-refractivity contribution in [3.63, 3.8) is 0 Å². The largest absolute Gasteiger partial charge is 0.352 e. The molecule has 4 aliphatic rings. The van der Waals surface area contributed by atoms with Gasteiger partial charge in [0.05, 0.1) is 5.75 Å². The molecule has 190 valence electrons. The van der Waals surface area contributed by atoms with Gasteiger partial charge in [0.15, 0.2) is 11.0 Å². The Morgan fingerprint density at radius 1 is 1.08 bits per heavy atom. The van der Waals surface area contributed by atoms with Crippen LogP contribution in [-0.2, 0) is 17.9 Å². The number of carbonyl (C=O) groups excluding carboxylic acids is 1. The zero-order valence-corrected chi connectivity index (χ0v) is 21.8. The molecule has 0 radical (unpaired) electrons. The first kappa shape index (κ1) is 23.6. The minimum Gasteiger partial charge on any atom is -0.352 e. The maximum Gasteiger partial charge on any atom is 0.230 e. The van der Waals surface area contributed by atoms with Gasteiger partial charge in [-0.25, -0.2) is 0 Å². The van der Waals surface area contributed by atoms with Gasteiger partial charge in [0.25, 0.3) is 0 Å². The Balaban J connectivity index is 1.06. The second kappa shape index (κ2) is 9.61. The molecule has 1 unspecified atom stereocenters. The van der Waals surface area contributed by atoms with E-state index in [4.69, 9.17) is 0 Å². The summed E-state index contributed by atoms with van der Waals surface area (Å²) in [5.41, 5.74) is 1.24. The summed E-state index contributed by atoms with van der Waals surface area (Å²) in [7, 11) is 0. The smallest absolute Gasteiger partial charge is 0.230 e. The predicted octanol–water partition coefficient (Wildman–Crippen LogP) is 3.81. The van der Waals surface area contributed by atoms with Gasteiger partial charge in [-0.05, 0) is 80.8 Å². The van der Waals surface area contributed by atoms with Crippen molar-refractivity contribution in [3.8, 4) is 11.4 Å². The summed E-state index contributed by atoms with van der Waals surface area (Å²) in [4.78, 5) is 14.5. The third-order valence-electron chi connectivity index (χ3n) is 8.59. The molecule has 4 aliphatic carbocycles. The number of nitrogens with one attached hydrogen (secondary N) is 1. The highest BCUT2D eigenvalue weighted by Crippen LogP contribution is 2.61. The summed E-state index contributed by atoms with van der Waals surface area (Å²) >= 11 is 1.44. The summed E-state index contributed by atoms with van der Waals surface area (Å²) in [6.07, 6.45) is 8.14. The van der Waals surface area contributed by atoms with E-state index in [1.807, 2.05) is 34.9 Å². The topological polar surface area (TPSA) is 103 Å². The molecule has 9 nitrogen and oxygen atoms in total. The van der Waals surface area contributed by atoms with Gasteiger partial charge in [0, 0.05) is 18.2 Å². The highest BCUT2D eigenvalue weighted by atomic mass is 32.2. The molecule has 0 aliphatic heterocycles. The van der Waals surface area contributed by atoms with E-state index in [9.17, 15) is 4.79 Å². The molecule has 3 aromatic rings. The average Bonchev–Trinajstić information content (AvgIpc) is 3.49. The predicted molar refractivity (Wildman–Crippen MR) is 137 cm³/mol. The van der Waals surface area contributed by atoms with E-state index in [0.29, 0.717) is 30.1 Å². The summed E-state index contributed by atoms with van der Waals surface area (Å²) < 4.78 is 2.02. The third kappa shape index (κ3) is 4.55. The van der Waals surface area contributed by atoms with Crippen LogP contribution in [0, 0.1) is 23.2 Å². The molecule has 2 heterocycles. The number of aromatic nitrogens is 7. The second-order valence-electron chi connectivity index (χ2n) is 11.0. The van der Waals surface area contributed by atoms with E-state index >= 15 is 0 Å². The number of amides is 1. The Bertz CT molecular complexity index is 1190. The lowest BCUT2D eigenvalue weighted by molar-refractivity contribution is -0.123. The molecule has 1 aromatic carbocycles. The average molecular weight is 507 g/mol. The molecule has 36 heavy (non-hydrogen) atoms. The van der Waals surface area contributed by atoms with Gasteiger partial charge in [-0.1, -0.05) is 42.1 Å². The third-order valence-corrected chi connectivity index (χ3v) is 9.56. The zero-order chi connectivity index (χ0) is 24.7. The van der Waals surface area contributed by atoms with E-state index in [0.717, 1.165) is 34.3 Å². The number of hydrogen-bond donors (Lipinski definition) is 1. The van der Waals surface area contributed by atoms with Crippen LogP contribution < -0.4 is 5.32 Å². The van der Waals surface area contributed by atoms with Gasteiger partial charge >= 0.3 is 0 Å². The van der Waals surface area contributed by atoms with Gasteiger partial charge in [-0.3, -0.25) is 4.79 Å². The number of hydrogen-bond acceptors (Lipinski definition) is 7. The monoisotopic (exact) mass is 506 g/mol. The van der Waals surface area contributed by atoms with E-state index in [1.54, 1.807) is 0 Å². The lowest BCUT2D eigenvalue weighted by Gasteiger charge is -2.59. The Hall–Kier alpha value is -2.75. The molecule has 1 atom stereocenters. The van der Waals surface area contributed by atoms with E-state index < -0.39 is 0 Å². The van der Waals surface area contributed by atoms with Crippen molar-refractivity contribution < 1.29 is 4.79 Å². The minimum absolute atomic E-state index is 0.0842. The number of tetrazole rings is 1. The molecule has 2 aromatic heterocycles. The number of carbonyl (C=O) groups is 1. The standard InChI is InChI=1S/C26H34N8OS/c1-3-33-22(15-34-31-24(29-32-34)21-7-5-4-6-8-21)28-30-25(33)36-16-23(35)27-17(2)26-12-18-9-19(13-26)11-20(10-18)14-26/h4-8,17-20H,3,9-16H2,1-2H3,(H,27,35). The van der Waals surface area contributed by atoms with Crippen LogP contribution in [0.1, 0.15) is 58.2 Å². The van der Waals surface area contributed by atoms with Crippen LogP contribution in [-0.4, -0.2) is 52.7 Å². The number of rotatable bonds is 9. The summed E-state index contributed by atoms with van der Waals surface area (Å²) in [6, 6.07) is 10.0. The number of benzene rings is 1. The Morgan fingerprint density at radius 3 is 2.44 bits per heavy atom. The van der Waals surface area contributed by atoms with Crippen LogP contribution >= 0.6 is 11.8 Å². The molecule has 4 saturated carbocycles. The normalized spacial score (nSPS) is 27.3. The van der Waals surface area contributed by atoms with Gasteiger partial charge < -0.3 is 9.88 Å². The van der Waals surface area contributed by atoms with Crippen LogP contribution in [0.2, 0.25) is 0 Å². The summed E-state index contributed by atoms with van der Waals surface area (Å²) in [5, 5.41) is 25.7. The lowest BCUT2D eigenvalue weighted by atomic mass is 9.48. The molecule has 0 saturated heterocycles. The van der Waals surface area contributed by atoms with Crippen molar-refractivity contribution >= 4 is 17.7 Å². The van der Waals surface area contributed by atoms with Crippen molar-refractivity contribution in [2.24, 2.45) is 23.2 Å². The molecular formula is C26H34N8OS. The SMILES string of the molecule is CCn1c(Cn2nnc(-c3ccccc3)n2)nnc1SCC(=O)NC(C)C12CC3CC(CC(C3)C1)C2. The molecule has 4 fully saturated rings. The Kier molecular flexibility index (Phi) is 6.31. The maximum absolute atomic E-state index is 12.9. The fraction of sp³-hybridized carbons (Fsp3) is 0.615. The summed E-state index contributed by atoms with van der Waals surface area (Å²) in [5.74, 6) is 4.41. The molecule has 0 spiro atoms. The van der Waals surface area contributed by atoms with Gasteiger partial charge in [-0.15, -0.1) is 20.4 Å². The van der Waals surface area contributed by atoms with Crippen molar-refractivity contribution in [2.75, 3.05) is 5.75 Å². The van der Waals surface area contributed by atoms with Crippen molar-refractivity contribution in [1.82, 2.24) is 40.3 Å². The highest BCUT2D eigenvalue weighted by molar-refractivity contribution is 7.99. The zero-order valence-electron chi connectivity index (χ0n) is 21.0. The van der Waals surface area contributed by atoms with Crippen LogP contribution in [0.15, 0.2) is 35.5 Å². The van der Waals surface area contributed by atoms with E-state index in [2.05, 4.69) is 44.8 Å². The molecule has 10 heteroatoms. The van der Waals surface area contributed by atoms with Crippen LogP contribution in [0.3, 0.4) is 0 Å². The number of nitrogens with zero attached hydrogens (tertiary/aromatic N) is 7. The van der Waals surface area contributed by atoms with Crippen molar-refractivity contribution in [3.05, 3.63) is 36.2 Å². The van der Waals surface area contributed by atoms with E-state index in [1.165, 1.54) is 55.1 Å². The first-order valence-corrected chi connectivity index (χ1v) is 14.2. The Labute approximate surface area is 215 Å². The fourth-order valence-corrected chi connectivity index (χ4v) is 8.11. The molecular weight excluding hydrogens is 472 g/mol. The van der Waals surface area contributed by atoms with E-state index in [-0.39, 0.29) is 11.9 Å². The molecule has 1 amide bonds. The van der Waals surface area contributed by atoms with Gasteiger partial charge in [0.1, 0.15) is 6.54 Å². The van der Waals surface area contributed by atoms with Crippen molar-refractivity contribution in [1.29, 1.82) is 0 Å². The maximum atomic E-state index is 12.9. The second-order valence-corrected chi connectivity index (χ2v) is 12.0. The fourth-order valence-electron chi connectivity index (χ4n) is 7.27. The van der Waals surface area contributed by atoms with Crippen LogP contribution in [0.25, 0.3) is 11.4 Å². The molecule has 1 N–H and O–H groups in total. The van der Waals surface area contributed by atoms with Gasteiger partial charge in [0.2, 0.25) is 11.7 Å². The highest BCUT2D eigenvalue weighted by Gasteiger charge is 2.53. The number of thioether (sulfide) groups is 1. The summed E-state index contributed by atoms with van der Waals surface area (Å²) in [6.45, 7) is 5.36. The minimum atomic E-state index is 0.0842. The first-order valence-electron chi connectivity index (χ1n) is 13.2. The van der Waals surface area contributed by atoms with Crippen molar-refractivity contribution in [2.45, 2.75) is 76.7 Å². The van der Waals surface area contributed by atoms with Crippen LogP contribution in [0.5, 0.6) is 0 Å². The lowest BCUT2D eigenvalue weighted by Crippen LogP contribution is -2.56. The van der Waals surface area contributed by atoms with Crippen LogP contribution in [0.4, 0.5) is 0 Å².